The van der Waals surface area contributed by atoms with Gasteiger partial charge in [0.15, 0.2) is 0 Å². The molecule has 1 aromatic rings. The van der Waals surface area contributed by atoms with Crippen molar-refractivity contribution in [3.05, 3.63) is 17.7 Å². The predicted molar refractivity (Wildman–Crippen MR) is 74.5 cm³/mol. The summed E-state index contributed by atoms with van der Waals surface area (Å²) in [5, 5.41) is 0. The van der Waals surface area contributed by atoms with Crippen LogP contribution in [0.25, 0.3) is 0 Å². The van der Waals surface area contributed by atoms with Gasteiger partial charge in [-0.15, -0.1) is 0 Å². The van der Waals surface area contributed by atoms with Crippen LogP contribution in [0.5, 0.6) is 5.75 Å². The number of amides is 1. The smallest absolute Gasteiger partial charge is 0.241 e. The highest BCUT2D eigenvalue weighted by Gasteiger charge is 2.28. The first-order valence-electron chi connectivity index (χ1n) is 6.68. The average Bonchev–Trinajstić information content (AvgIpc) is 2.75. The number of nitrogens with zero attached hydrogens (tertiary/aromatic N) is 2. The quantitative estimate of drug-likeness (QED) is 0.820. The zero-order valence-corrected chi connectivity index (χ0v) is 11.2. The molecule has 0 saturated carbocycles. The Hall–Kier alpha value is -1.75. The minimum absolute atomic E-state index is 0.169. The number of likely N-dealkylation sites (tertiary alicyclic amines) is 1. The van der Waals surface area contributed by atoms with E-state index in [2.05, 4.69) is 4.90 Å². The molecule has 2 aliphatic heterocycles. The third-order valence-corrected chi connectivity index (χ3v) is 3.94. The van der Waals surface area contributed by atoms with Crippen LogP contribution < -0.4 is 15.4 Å². The van der Waals surface area contributed by atoms with Crippen molar-refractivity contribution in [1.29, 1.82) is 0 Å². The molecule has 0 unspecified atom stereocenters. The fourth-order valence-corrected chi connectivity index (χ4v) is 2.68. The Balaban J connectivity index is 1.80. The lowest BCUT2D eigenvalue weighted by Gasteiger charge is -2.31. The molecule has 0 aromatic heterocycles. The van der Waals surface area contributed by atoms with Crippen LogP contribution in [0.2, 0.25) is 0 Å². The van der Waals surface area contributed by atoms with Crippen molar-refractivity contribution in [3.8, 4) is 5.75 Å². The van der Waals surface area contributed by atoms with Gasteiger partial charge in [-0.3, -0.25) is 9.69 Å². The lowest BCUT2D eigenvalue weighted by Crippen LogP contribution is -2.45. The van der Waals surface area contributed by atoms with Crippen molar-refractivity contribution in [2.75, 3.05) is 43.9 Å². The Morgan fingerprint density at radius 1 is 1.37 bits per heavy atom. The van der Waals surface area contributed by atoms with Gasteiger partial charge >= 0.3 is 0 Å². The largest absolute Gasteiger partial charge is 0.495 e. The number of benzene rings is 1. The lowest BCUT2D eigenvalue weighted by atomic mass is 10.1. The van der Waals surface area contributed by atoms with E-state index in [0.29, 0.717) is 18.0 Å². The van der Waals surface area contributed by atoms with Crippen LogP contribution in [0.1, 0.15) is 12.0 Å². The number of rotatable bonds is 3. The summed E-state index contributed by atoms with van der Waals surface area (Å²) in [7, 11) is 1.61. The Morgan fingerprint density at radius 3 is 2.79 bits per heavy atom. The van der Waals surface area contributed by atoms with E-state index >= 15 is 0 Å². The van der Waals surface area contributed by atoms with Crippen LogP contribution in [-0.2, 0) is 11.2 Å². The maximum absolute atomic E-state index is 12.3. The van der Waals surface area contributed by atoms with Gasteiger partial charge in [0.25, 0.3) is 0 Å². The van der Waals surface area contributed by atoms with E-state index in [-0.39, 0.29) is 5.91 Å². The summed E-state index contributed by atoms with van der Waals surface area (Å²) in [5.74, 6) is 0.860. The molecule has 1 amide bonds. The first kappa shape index (κ1) is 12.3. The molecule has 3 rings (SSSR count). The van der Waals surface area contributed by atoms with Crippen molar-refractivity contribution < 1.29 is 9.53 Å². The van der Waals surface area contributed by atoms with Gasteiger partial charge in [-0.25, -0.2) is 0 Å². The van der Waals surface area contributed by atoms with E-state index < -0.39 is 0 Å². The van der Waals surface area contributed by atoms with Gasteiger partial charge in [-0.05, 0) is 43.6 Å². The summed E-state index contributed by atoms with van der Waals surface area (Å²) < 4.78 is 5.22. The molecule has 5 nitrogen and oxygen atoms in total. The van der Waals surface area contributed by atoms with Crippen molar-refractivity contribution in [2.24, 2.45) is 0 Å². The standard InChI is InChI=1S/C14H19N3O2/c1-19-13-7-10-3-6-17(12(10)8-11(13)15)14(18)9-16-4-2-5-16/h7-8H,2-6,9,15H2,1H3. The Morgan fingerprint density at radius 2 is 2.16 bits per heavy atom. The molecule has 1 saturated heterocycles. The van der Waals surface area contributed by atoms with Crippen LogP contribution in [0, 0.1) is 0 Å². The van der Waals surface area contributed by atoms with Crippen LogP contribution >= 0.6 is 0 Å². The Bertz CT molecular complexity index is 512. The van der Waals surface area contributed by atoms with Crippen molar-refractivity contribution >= 4 is 17.3 Å². The first-order valence-corrected chi connectivity index (χ1v) is 6.68. The van der Waals surface area contributed by atoms with E-state index in [4.69, 9.17) is 10.5 Å². The first-order chi connectivity index (χ1) is 9.19. The van der Waals surface area contributed by atoms with Gasteiger partial charge in [0.1, 0.15) is 5.75 Å². The molecular weight excluding hydrogens is 242 g/mol. The number of ether oxygens (including phenoxy) is 1. The number of anilines is 2. The van der Waals surface area contributed by atoms with Gasteiger partial charge in [0.2, 0.25) is 5.91 Å². The Kier molecular flexibility index (Phi) is 3.06. The number of methoxy groups -OCH3 is 1. The topological polar surface area (TPSA) is 58.8 Å². The second kappa shape index (κ2) is 4.74. The van der Waals surface area contributed by atoms with Gasteiger partial charge < -0.3 is 15.4 Å². The molecule has 2 N–H and O–H groups in total. The molecule has 1 fully saturated rings. The number of nitrogens with two attached hydrogens (primary N) is 1. The van der Waals surface area contributed by atoms with E-state index in [0.717, 1.165) is 37.3 Å². The summed E-state index contributed by atoms with van der Waals surface area (Å²) >= 11 is 0. The molecule has 1 aromatic carbocycles. The molecule has 0 bridgehead atoms. The minimum atomic E-state index is 0.169. The molecule has 0 atom stereocenters. The molecule has 0 radical (unpaired) electrons. The monoisotopic (exact) mass is 261 g/mol. The third-order valence-electron chi connectivity index (χ3n) is 3.94. The second-order valence-electron chi connectivity index (χ2n) is 5.15. The molecule has 19 heavy (non-hydrogen) atoms. The van der Waals surface area contributed by atoms with Crippen LogP contribution in [0.3, 0.4) is 0 Å². The molecule has 2 heterocycles. The molecule has 102 valence electrons. The molecule has 2 aliphatic rings. The summed E-state index contributed by atoms with van der Waals surface area (Å²) in [4.78, 5) is 16.3. The summed E-state index contributed by atoms with van der Waals surface area (Å²) in [6.45, 7) is 3.34. The number of hydrogen-bond acceptors (Lipinski definition) is 4. The van der Waals surface area contributed by atoms with Gasteiger partial charge in [0.05, 0.1) is 19.3 Å². The van der Waals surface area contributed by atoms with Gasteiger partial charge in [-0.2, -0.15) is 0 Å². The molecule has 0 spiro atoms. The molecule has 5 heteroatoms. The maximum atomic E-state index is 12.3. The highest BCUT2D eigenvalue weighted by molar-refractivity contribution is 5.97. The maximum Gasteiger partial charge on any atom is 0.241 e. The lowest BCUT2D eigenvalue weighted by molar-refractivity contribution is -0.120. The van der Waals surface area contributed by atoms with E-state index in [1.165, 1.54) is 6.42 Å². The zero-order chi connectivity index (χ0) is 13.4. The van der Waals surface area contributed by atoms with Crippen molar-refractivity contribution in [2.45, 2.75) is 12.8 Å². The molecule has 0 aliphatic carbocycles. The predicted octanol–water partition coefficient (Wildman–Crippen LogP) is 0.872. The summed E-state index contributed by atoms with van der Waals surface area (Å²) in [6, 6.07) is 3.80. The fraction of sp³-hybridized carbons (Fsp3) is 0.500. The minimum Gasteiger partial charge on any atom is -0.495 e. The number of carbonyl (C=O) groups is 1. The summed E-state index contributed by atoms with van der Waals surface area (Å²) in [6.07, 6.45) is 2.08. The van der Waals surface area contributed by atoms with Gasteiger partial charge in [-0.1, -0.05) is 0 Å². The van der Waals surface area contributed by atoms with Crippen molar-refractivity contribution in [3.63, 3.8) is 0 Å². The van der Waals surface area contributed by atoms with E-state index in [1.54, 1.807) is 7.11 Å². The van der Waals surface area contributed by atoms with Gasteiger partial charge in [0, 0.05) is 12.2 Å². The summed E-state index contributed by atoms with van der Waals surface area (Å²) in [5.41, 5.74) is 8.61. The second-order valence-corrected chi connectivity index (χ2v) is 5.15. The molecular formula is C14H19N3O2. The zero-order valence-electron chi connectivity index (χ0n) is 11.2. The van der Waals surface area contributed by atoms with Crippen LogP contribution in [0.4, 0.5) is 11.4 Å². The normalized spacial score (nSPS) is 18.1. The van der Waals surface area contributed by atoms with Crippen LogP contribution in [-0.4, -0.2) is 44.1 Å². The van der Waals surface area contributed by atoms with Crippen molar-refractivity contribution in [1.82, 2.24) is 4.90 Å². The van der Waals surface area contributed by atoms with E-state index in [1.807, 2.05) is 17.0 Å². The fourth-order valence-electron chi connectivity index (χ4n) is 2.68. The highest BCUT2D eigenvalue weighted by atomic mass is 16.5. The van der Waals surface area contributed by atoms with E-state index in [9.17, 15) is 4.79 Å². The Labute approximate surface area is 112 Å². The number of nitrogen functional groups attached to an aromatic ring is 1. The highest BCUT2D eigenvalue weighted by Crippen LogP contribution is 2.35. The average molecular weight is 261 g/mol. The van der Waals surface area contributed by atoms with Crippen LogP contribution in [0.15, 0.2) is 12.1 Å². The SMILES string of the molecule is COc1cc2c(cc1N)N(C(=O)CN1CCC1)CC2. The number of fused-ring (bicyclic) bond motifs is 1. The third kappa shape index (κ3) is 2.14. The number of carbonyl (C=O) groups excluding carboxylic acids is 1. The number of hydrogen-bond donors (Lipinski definition) is 1.